The summed E-state index contributed by atoms with van der Waals surface area (Å²) in [6.07, 6.45) is -0.277. The fourth-order valence-corrected chi connectivity index (χ4v) is 4.32. The molecule has 1 saturated heterocycles. The Morgan fingerprint density at radius 1 is 0.946 bits per heavy atom. The quantitative estimate of drug-likeness (QED) is 0.380. The molecule has 0 aliphatic carbocycles. The van der Waals surface area contributed by atoms with E-state index in [1.807, 2.05) is 36.4 Å². The number of nitrogens with zero attached hydrogens (tertiary/aromatic N) is 2. The first-order valence-electron chi connectivity index (χ1n) is 11.9. The predicted molar refractivity (Wildman–Crippen MR) is 135 cm³/mol. The Morgan fingerprint density at radius 3 is 2.27 bits per heavy atom. The Labute approximate surface area is 219 Å². The van der Waals surface area contributed by atoms with Crippen molar-refractivity contribution >= 4 is 23.5 Å². The SMILES string of the molecule is COC(=O)c1ccc(CO[C@H](CN2CCN(C(=O)c3cccc(F)c3F)CC2)c2ccc(Cl)cc2)cc1. The normalized spacial score (nSPS) is 14.9. The maximum Gasteiger partial charge on any atom is 0.337 e. The van der Waals surface area contributed by atoms with Crippen molar-refractivity contribution in [1.29, 1.82) is 0 Å². The van der Waals surface area contributed by atoms with Gasteiger partial charge in [0.15, 0.2) is 11.6 Å². The van der Waals surface area contributed by atoms with E-state index in [0.717, 1.165) is 17.2 Å². The van der Waals surface area contributed by atoms with Crippen molar-refractivity contribution in [2.75, 3.05) is 39.8 Å². The second-order valence-corrected chi connectivity index (χ2v) is 9.17. The molecule has 0 aromatic heterocycles. The number of esters is 1. The van der Waals surface area contributed by atoms with Gasteiger partial charge in [-0.2, -0.15) is 0 Å². The third kappa shape index (κ3) is 6.71. The number of amides is 1. The van der Waals surface area contributed by atoms with Crippen molar-refractivity contribution < 1.29 is 27.8 Å². The minimum atomic E-state index is -1.12. The van der Waals surface area contributed by atoms with Crippen LogP contribution in [0.3, 0.4) is 0 Å². The van der Waals surface area contributed by atoms with E-state index < -0.39 is 23.5 Å². The number of hydrogen-bond acceptors (Lipinski definition) is 5. The predicted octanol–water partition coefficient (Wildman–Crippen LogP) is 5.12. The summed E-state index contributed by atoms with van der Waals surface area (Å²) in [6.45, 7) is 2.78. The van der Waals surface area contributed by atoms with Crippen molar-refractivity contribution in [3.63, 3.8) is 0 Å². The molecule has 0 saturated carbocycles. The van der Waals surface area contributed by atoms with E-state index in [9.17, 15) is 18.4 Å². The molecule has 0 radical (unpaired) electrons. The van der Waals surface area contributed by atoms with Crippen molar-refractivity contribution in [3.8, 4) is 0 Å². The summed E-state index contributed by atoms with van der Waals surface area (Å²) >= 11 is 6.07. The summed E-state index contributed by atoms with van der Waals surface area (Å²) in [7, 11) is 1.34. The van der Waals surface area contributed by atoms with E-state index in [1.165, 1.54) is 24.1 Å². The van der Waals surface area contributed by atoms with Gasteiger partial charge in [0.05, 0.1) is 30.9 Å². The summed E-state index contributed by atoms with van der Waals surface area (Å²) in [4.78, 5) is 28.1. The van der Waals surface area contributed by atoms with E-state index in [1.54, 1.807) is 12.1 Å². The molecule has 0 spiro atoms. The topological polar surface area (TPSA) is 59.1 Å². The van der Waals surface area contributed by atoms with Gasteiger partial charge < -0.3 is 14.4 Å². The first kappa shape index (κ1) is 26.7. The fraction of sp³-hybridized carbons (Fsp3) is 0.286. The fourth-order valence-electron chi connectivity index (χ4n) is 4.19. The van der Waals surface area contributed by atoms with Crippen LogP contribution in [0.15, 0.2) is 66.7 Å². The third-order valence-electron chi connectivity index (χ3n) is 6.33. The highest BCUT2D eigenvalue weighted by Gasteiger charge is 2.27. The average molecular weight is 529 g/mol. The minimum Gasteiger partial charge on any atom is -0.465 e. The number of rotatable bonds is 8. The van der Waals surface area contributed by atoms with Gasteiger partial charge in [0.1, 0.15) is 0 Å². The monoisotopic (exact) mass is 528 g/mol. The molecule has 4 rings (SSSR count). The molecule has 1 fully saturated rings. The highest BCUT2D eigenvalue weighted by molar-refractivity contribution is 6.30. The van der Waals surface area contributed by atoms with Crippen LogP contribution in [0, 0.1) is 11.6 Å². The summed E-state index contributed by atoms with van der Waals surface area (Å²) < 4.78 is 38.7. The van der Waals surface area contributed by atoms with Crippen LogP contribution in [0.5, 0.6) is 0 Å². The average Bonchev–Trinajstić information content (AvgIpc) is 2.93. The molecule has 9 heteroatoms. The number of piperazine rings is 1. The molecule has 194 valence electrons. The largest absolute Gasteiger partial charge is 0.465 e. The van der Waals surface area contributed by atoms with Crippen LogP contribution >= 0.6 is 11.6 Å². The molecule has 3 aromatic rings. The van der Waals surface area contributed by atoms with Crippen molar-refractivity contribution in [1.82, 2.24) is 9.80 Å². The molecule has 0 unspecified atom stereocenters. The molecule has 0 N–H and O–H groups in total. The zero-order valence-corrected chi connectivity index (χ0v) is 21.1. The lowest BCUT2D eigenvalue weighted by Crippen LogP contribution is -2.49. The molecular formula is C28H27ClF2N2O4. The number of carbonyl (C=O) groups is 2. The summed E-state index contributed by atoms with van der Waals surface area (Å²) in [6, 6.07) is 18.1. The summed E-state index contributed by atoms with van der Waals surface area (Å²) in [5.74, 6) is -3.07. The Kier molecular flexibility index (Phi) is 8.87. The molecule has 1 heterocycles. The highest BCUT2D eigenvalue weighted by Crippen LogP contribution is 2.24. The molecular weight excluding hydrogens is 502 g/mol. The second-order valence-electron chi connectivity index (χ2n) is 8.73. The molecule has 0 bridgehead atoms. The van der Waals surface area contributed by atoms with Crippen LogP contribution in [0.1, 0.15) is 37.9 Å². The first-order valence-corrected chi connectivity index (χ1v) is 12.2. The van der Waals surface area contributed by atoms with Gasteiger partial charge >= 0.3 is 5.97 Å². The lowest BCUT2D eigenvalue weighted by molar-refractivity contribution is 0.00335. The number of halogens is 3. The molecule has 3 aromatic carbocycles. The van der Waals surface area contributed by atoms with Gasteiger partial charge in [0, 0.05) is 37.7 Å². The molecule has 6 nitrogen and oxygen atoms in total. The zero-order chi connectivity index (χ0) is 26.4. The second kappa shape index (κ2) is 12.3. The Bertz CT molecular complexity index is 1230. The van der Waals surface area contributed by atoms with Crippen molar-refractivity contribution in [2.24, 2.45) is 0 Å². The van der Waals surface area contributed by atoms with Crippen LogP contribution in [0.25, 0.3) is 0 Å². The van der Waals surface area contributed by atoms with Gasteiger partial charge in [0.25, 0.3) is 5.91 Å². The van der Waals surface area contributed by atoms with E-state index in [0.29, 0.717) is 49.9 Å². The van der Waals surface area contributed by atoms with Crippen LogP contribution in [0.4, 0.5) is 8.78 Å². The van der Waals surface area contributed by atoms with Crippen LogP contribution in [-0.2, 0) is 16.1 Å². The van der Waals surface area contributed by atoms with E-state index >= 15 is 0 Å². The number of methoxy groups -OCH3 is 1. The van der Waals surface area contributed by atoms with Gasteiger partial charge in [-0.3, -0.25) is 9.69 Å². The maximum atomic E-state index is 14.1. The lowest BCUT2D eigenvalue weighted by atomic mass is 10.1. The Morgan fingerprint density at radius 2 is 1.62 bits per heavy atom. The highest BCUT2D eigenvalue weighted by atomic mass is 35.5. The van der Waals surface area contributed by atoms with Crippen molar-refractivity contribution in [3.05, 3.63) is 106 Å². The summed E-state index contributed by atoms with van der Waals surface area (Å²) in [5, 5.41) is 0.623. The van der Waals surface area contributed by atoms with Gasteiger partial charge in [0.2, 0.25) is 0 Å². The lowest BCUT2D eigenvalue weighted by Gasteiger charge is -2.36. The van der Waals surface area contributed by atoms with Crippen LogP contribution in [0.2, 0.25) is 5.02 Å². The Balaban J connectivity index is 1.39. The van der Waals surface area contributed by atoms with Crippen molar-refractivity contribution in [2.45, 2.75) is 12.7 Å². The number of carbonyl (C=O) groups excluding carboxylic acids is 2. The standard InChI is InChI=1S/C28H27ClF2N2O4/c1-36-28(35)21-7-5-19(6-8-21)18-37-25(20-9-11-22(29)12-10-20)17-32-13-15-33(16-14-32)27(34)23-3-2-4-24(30)26(23)31/h2-12,25H,13-18H2,1H3/t25-/m1/s1. The van der Waals surface area contributed by atoms with Gasteiger partial charge in [-0.1, -0.05) is 41.9 Å². The van der Waals surface area contributed by atoms with E-state index in [-0.39, 0.29) is 11.7 Å². The van der Waals surface area contributed by atoms with Gasteiger partial charge in [-0.05, 0) is 47.5 Å². The van der Waals surface area contributed by atoms with E-state index in [2.05, 4.69) is 4.90 Å². The minimum absolute atomic E-state index is 0.256. The Hall–Kier alpha value is -3.33. The summed E-state index contributed by atoms with van der Waals surface area (Å²) in [5.41, 5.74) is 2.06. The molecule has 1 atom stereocenters. The van der Waals surface area contributed by atoms with Gasteiger partial charge in [-0.15, -0.1) is 0 Å². The maximum absolute atomic E-state index is 14.1. The van der Waals surface area contributed by atoms with Crippen LogP contribution in [-0.4, -0.2) is 61.5 Å². The van der Waals surface area contributed by atoms with E-state index in [4.69, 9.17) is 21.1 Å². The first-order chi connectivity index (χ1) is 17.9. The number of ether oxygens (including phenoxy) is 2. The number of benzene rings is 3. The number of hydrogen-bond donors (Lipinski definition) is 0. The molecule has 1 aliphatic heterocycles. The molecule has 37 heavy (non-hydrogen) atoms. The third-order valence-corrected chi connectivity index (χ3v) is 6.59. The van der Waals surface area contributed by atoms with Gasteiger partial charge in [-0.25, -0.2) is 13.6 Å². The smallest absolute Gasteiger partial charge is 0.337 e. The molecule has 1 aliphatic rings. The van der Waals surface area contributed by atoms with Crippen LogP contribution < -0.4 is 0 Å². The zero-order valence-electron chi connectivity index (χ0n) is 20.3. The molecule has 1 amide bonds.